The van der Waals surface area contributed by atoms with Crippen molar-refractivity contribution in [1.29, 1.82) is 0 Å². The van der Waals surface area contributed by atoms with Crippen molar-refractivity contribution in [1.82, 2.24) is 25.7 Å². The number of carbonyl (C=O) groups is 1. The summed E-state index contributed by atoms with van der Waals surface area (Å²) in [6.45, 7) is 0.828. The molecule has 0 bridgehead atoms. The number of aromatic nitrogens is 4. The van der Waals surface area contributed by atoms with Gasteiger partial charge in [0.05, 0.1) is 6.04 Å². The zero-order chi connectivity index (χ0) is 13.9. The first-order chi connectivity index (χ1) is 9.80. The van der Waals surface area contributed by atoms with E-state index in [1.165, 1.54) is 11.3 Å². The second-order valence-electron chi connectivity index (χ2n) is 4.30. The van der Waals surface area contributed by atoms with E-state index in [1.54, 1.807) is 11.3 Å². The van der Waals surface area contributed by atoms with Gasteiger partial charge in [-0.05, 0) is 6.42 Å². The summed E-state index contributed by atoms with van der Waals surface area (Å²) < 4.78 is 0. The van der Waals surface area contributed by atoms with Crippen molar-refractivity contribution in [2.24, 2.45) is 0 Å². The molecule has 1 saturated heterocycles. The monoisotopic (exact) mass is 311 g/mol. The Balaban J connectivity index is 1.67. The fourth-order valence-electron chi connectivity index (χ4n) is 2.10. The lowest BCUT2D eigenvalue weighted by Crippen LogP contribution is -2.13. The molecule has 8 nitrogen and oxygen atoms in total. The summed E-state index contributed by atoms with van der Waals surface area (Å²) in [5.41, 5.74) is 0. The molecule has 0 radical (unpaired) electrons. The predicted molar refractivity (Wildman–Crippen MR) is 77.2 cm³/mol. The van der Waals surface area contributed by atoms with E-state index in [0.29, 0.717) is 17.5 Å². The Kier molecular flexibility index (Phi) is 3.85. The first-order valence-electron chi connectivity index (χ1n) is 6.08. The summed E-state index contributed by atoms with van der Waals surface area (Å²) >= 11 is 2.97. The minimum absolute atomic E-state index is 0.200. The molecule has 3 N–H and O–H groups in total. The van der Waals surface area contributed by atoms with Crippen molar-refractivity contribution in [3.63, 3.8) is 0 Å². The third kappa shape index (κ3) is 2.62. The number of rotatable bonds is 5. The molecule has 2 atom stereocenters. The molecule has 3 heterocycles. The molecule has 1 aliphatic rings. The number of hydrogen-bond acceptors (Lipinski definition) is 9. The summed E-state index contributed by atoms with van der Waals surface area (Å²) in [6, 6.07) is 0.200. The van der Waals surface area contributed by atoms with Gasteiger partial charge in [-0.25, -0.2) is 0 Å². The highest BCUT2D eigenvalue weighted by atomic mass is 32.1. The second-order valence-corrected chi connectivity index (χ2v) is 6.31. The Morgan fingerprint density at radius 3 is 2.70 bits per heavy atom. The molecule has 20 heavy (non-hydrogen) atoms. The van der Waals surface area contributed by atoms with E-state index in [2.05, 4.69) is 36.3 Å². The lowest BCUT2D eigenvalue weighted by Gasteiger charge is -2.04. The van der Waals surface area contributed by atoms with Crippen LogP contribution >= 0.6 is 22.7 Å². The smallest absolute Gasteiger partial charge is 0.213 e. The van der Waals surface area contributed by atoms with Crippen LogP contribution < -0.4 is 16.0 Å². The molecule has 1 amide bonds. The van der Waals surface area contributed by atoms with E-state index in [4.69, 9.17) is 0 Å². The number of anilines is 2. The third-order valence-electron chi connectivity index (χ3n) is 3.06. The fourth-order valence-corrected chi connectivity index (χ4v) is 3.70. The maximum Gasteiger partial charge on any atom is 0.213 e. The summed E-state index contributed by atoms with van der Waals surface area (Å²) in [5.74, 6) is 0.293. The maximum absolute atomic E-state index is 10.4. The Bertz CT molecular complexity index is 598. The van der Waals surface area contributed by atoms with Crippen LogP contribution in [-0.2, 0) is 4.79 Å². The largest absolute Gasteiger partial charge is 0.363 e. The average Bonchev–Trinajstić information content (AvgIpc) is 3.18. The summed E-state index contributed by atoms with van der Waals surface area (Å²) in [5, 5.41) is 28.5. The average molecular weight is 311 g/mol. The van der Waals surface area contributed by atoms with Gasteiger partial charge in [-0.2, -0.15) is 0 Å². The molecular weight excluding hydrogens is 298 g/mol. The van der Waals surface area contributed by atoms with Crippen LogP contribution in [0.25, 0.3) is 0 Å². The molecule has 2 unspecified atom stereocenters. The van der Waals surface area contributed by atoms with E-state index in [9.17, 15) is 4.79 Å². The second kappa shape index (κ2) is 5.77. The van der Waals surface area contributed by atoms with Gasteiger partial charge in [-0.15, -0.1) is 20.4 Å². The number of hydrogen-bond donors (Lipinski definition) is 3. The number of nitrogens with one attached hydrogen (secondary N) is 3. The zero-order valence-electron chi connectivity index (χ0n) is 10.7. The Labute approximate surface area is 123 Å². The quantitative estimate of drug-likeness (QED) is 0.702. The van der Waals surface area contributed by atoms with Crippen LogP contribution in [0.5, 0.6) is 0 Å². The maximum atomic E-state index is 10.4. The molecular formula is C10H13N7OS2. The number of nitrogens with zero attached hydrogens (tertiary/aromatic N) is 4. The molecule has 106 valence electrons. The molecule has 0 aliphatic carbocycles. The van der Waals surface area contributed by atoms with Gasteiger partial charge in [0.1, 0.15) is 10.0 Å². The summed E-state index contributed by atoms with van der Waals surface area (Å²) in [6.07, 6.45) is 1.52. The highest BCUT2D eigenvalue weighted by Crippen LogP contribution is 2.37. The standard InChI is InChI=1S/C10H13N7OS2/c1-11-9-16-15-8(20-9)6-2-5(3-12-6)7-14-17-10(19-7)13-4-18/h4-6,12H,2-3H2,1H3,(H,11,16)(H,13,17,18). The van der Waals surface area contributed by atoms with Gasteiger partial charge in [0.25, 0.3) is 0 Å². The zero-order valence-corrected chi connectivity index (χ0v) is 12.3. The Morgan fingerprint density at radius 2 is 1.95 bits per heavy atom. The van der Waals surface area contributed by atoms with Crippen LogP contribution in [0.4, 0.5) is 10.3 Å². The van der Waals surface area contributed by atoms with E-state index < -0.39 is 0 Å². The summed E-state index contributed by atoms with van der Waals surface area (Å²) in [7, 11) is 1.83. The van der Waals surface area contributed by atoms with Crippen LogP contribution in [-0.4, -0.2) is 40.4 Å². The van der Waals surface area contributed by atoms with Crippen LogP contribution in [0, 0.1) is 0 Å². The molecule has 2 aromatic rings. The van der Waals surface area contributed by atoms with E-state index >= 15 is 0 Å². The normalized spacial score (nSPS) is 21.9. The van der Waals surface area contributed by atoms with Gasteiger partial charge in [0.2, 0.25) is 16.7 Å². The van der Waals surface area contributed by atoms with Gasteiger partial charge in [0.15, 0.2) is 0 Å². The minimum atomic E-state index is 0.200. The van der Waals surface area contributed by atoms with Crippen LogP contribution in [0.1, 0.15) is 28.4 Å². The van der Waals surface area contributed by atoms with Crippen LogP contribution in [0.15, 0.2) is 0 Å². The summed E-state index contributed by atoms with van der Waals surface area (Å²) in [4.78, 5) is 10.4. The van der Waals surface area contributed by atoms with Gasteiger partial charge < -0.3 is 16.0 Å². The molecule has 0 aromatic carbocycles. The molecule has 1 fully saturated rings. The number of carbonyl (C=O) groups excluding carboxylic acids is 1. The fraction of sp³-hybridized carbons (Fsp3) is 0.500. The molecule has 2 aromatic heterocycles. The highest BCUT2D eigenvalue weighted by Gasteiger charge is 2.31. The van der Waals surface area contributed by atoms with E-state index in [1.807, 2.05) is 7.05 Å². The molecule has 0 spiro atoms. The highest BCUT2D eigenvalue weighted by molar-refractivity contribution is 7.15. The van der Waals surface area contributed by atoms with Crippen LogP contribution in [0.3, 0.4) is 0 Å². The lowest BCUT2D eigenvalue weighted by molar-refractivity contribution is -0.105. The van der Waals surface area contributed by atoms with Crippen molar-refractivity contribution >= 4 is 39.3 Å². The van der Waals surface area contributed by atoms with Crippen molar-refractivity contribution in [3.8, 4) is 0 Å². The van der Waals surface area contributed by atoms with Gasteiger partial charge in [0, 0.05) is 19.5 Å². The predicted octanol–water partition coefficient (Wildman–Crippen LogP) is 0.818. The van der Waals surface area contributed by atoms with E-state index in [0.717, 1.165) is 28.1 Å². The SMILES string of the molecule is CNc1nnc(C2CC(c3nnc(NC=O)s3)CN2)s1. The first-order valence-corrected chi connectivity index (χ1v) is 7.71. The van der Waals surface area contributed by atoms with Crippen LogP contribution in [0.2, 0.25) is 0 Å². The molecule has 1 aliphatic heterocycles. The lowest BCUT2D eigenvalue weighted by atomic mass is 10.1. The molecule has 10 heteroatoms. The minimum Gasteiger partial charge on any atom is -0.363 e. The van der Waals surface area contributed by atoms with Gasteiger partial charge in [-0.3, -0.25) is 4.79 Å². The number of amides is 1. The first kappa shape index (κ1) is 13.3. The van der Waals surface area contributed by atoms with Crippen molar-refractivity contribution in [2.75, 3.05) is 24.2 Å². The third-order valence-corrected chi connectivity index (χ3v) is 5.13. The van der Waals surface area contributed by atoms with Crippen molar-refractivity contribution in [3.05, 3.63) is 10.0 Å². The van der Waals surface area contributed by atoms with Gasteiger partial charge >= 0.3 is 0 Å². The molecule has 3 rings (SSSR count). The van der Waals surface area contributed by atoms with Crippen molar-refractivity contribution in [2.45, 2.75) is 18.4 Å². The Hall–Kier alpha value is -1.65. The molecule has 0 saturated carbocycles. The van der Waals surface area contributed by atoms with Crippen molar-refractivity contribution < 1.29 is 4.79 Å². The van der Waals surface area contributed by atoms with E-state index in [-0.39, 0.29) is 6.04 Å². The van der Waals surface area contributed by atoms with Gasteiger partial charge in [-0.1, -0.05) is 22.7 Å². The topological polar surface area (TPSA) is 105 Å². The Morgan fingerprint density at radius 1 is 1.20 bits per heavy atom.